The maximum absolute atomic E-state index is 13.1. The Bertz CT molecular complexity index is 1030. The van der Waals surface area contributed by atoms with Crippen molar-refractivity contribution in [1.29, 1.82) is 0 Å². The van der Waals surface area contributed by atoms with E-state index in [1.807, 2.05) is 36.3 Å². The number of benzene rings is 1. The van der Waals surface area contributed by atoms with Gasteiger partial charge in [0.25, 0.3) is 5.56 Å². The zero-order chi connectivity index (χ0) is 21.1. The number of hydrogen-bond acceptors (Lipinski definition) is 4. The molecular weight excluding hydrogens is 374 g/mol. The van der Waals surface area contributed by atoms with Gasteiger partial charge in [0, 0.05) is 61.9 Å². The van der Waals surface area contributed by atoms with Gasteiger partial charge in [0.15, 0.2) is 0 Å². The van der Waals surface area contributed by atoms with Gasteiger partial charge in [0.2, 0.25) is 0 Å². The second-order valence-corrected chi connectivity index (χ2v) is 8.64. The van der Waals surface area contributed by atoms with Crippen LogP contribution in [-0.4, -0.2) is 33.5 Å². The molecule has 0 aliphatic carbocycles. The molecule has 1 fully saturated rings. The first-order valence-corrected chi connectivity index (χ1v) is 10.8. The number of nitrogens with one attached hydrogen (secondary N) is 1. The topological polar surface area (TPSA) is 55.1 Å². The zero-order valence-corrected chi connectivity index (χ0v) is 18.1. The second kappa shape index (κ2) is 8.78. The van der Waals surface area contributed by atoms with Crippen molar-refractivity contribution < 1.29 is 0 Å². The lowest BCUT2D eigenvalue weighted by molar-refractivity contribution is 0.507. The molecule has 3 heterocycles. The number of aryl methyl sites for hydroxylation is 1. The Morgan fingerprint density at radius 1 is 1.10 bits per heavy atom. The summed E-state index contributed by atoms with van der Waals surface area (Å²) in [6.07, 6.45) is 7.82. The molecule has 3 aromatic rings. The summed E-state index contributed by atoms with van der Waals surface area (Å²) in [5.74, 6) is 0.397. The predicted molar refractivity (Wildman–Crippen MR) is 123 cm³/mol. The van der Waals surface area contributed by atoms with Crippen LogP contribution in [-0.2, 0) is 13.6 Å². The van der Waals surface area contributed by atoms with E-state index < -0.39 is 0 Å². The number of pyridine rings is 1. The van der Waals surface area contributed by atoms with E-state index in [1.54, 1.807) is 4.68 Å². The van der Waals surface area contributed by atoms with E-state index in [9.17, 15) is 4.79 Å². The molecule has 4 rings (SSSR count). The SMILES string of the molecule is CC(C)Cn1cc(-c2cnn(C)c2)cc(NC2CCN(c3ccccc3)CC2)c1=O. The molecule has 0 atom stereocenters. The molecule has 1 N–H and O–H groups in total. The van der Waals surface area contributed by atoms with Gasteiger partial charge in [-0.05, 0) is 37.0 Å². The van der Waals surface area contributed by atoms with Gasteiger partial charge in [-0.25, -0.2) is 0 Å². The maximum Gasteiger partial charge on any atom is 0.273 e. The van der Waals surface area contributed by atoms with Crippen molar-refractivity contribution in [1.82, 2.24) is 14.3 Å². The fourth-order valence-electron chi connectivity index (χ4n) is 4.14. The molecule has 0 unspecified atom stereocenters. The van der Waals surface area contributed by atoms with Gasteiger partial charge < -0.3 is 14.8 Å². The zero-order valence-electron chi connectivity index (χ0n) is 18.1. The number of aromatic nitrogens is 3. The minimum Gasteiger partial charge on any atom is -0.378 e. The minimum atomic E-state index is 0.0572. The van der Waals surface area contributed by atoms with Crippen LogP contribution in [0.1, 0.15) is 26.7 Å². The van der Waals surface area contributed by atoms with Gasteiger partial charge in [-0.2, -0.15) is 5.10 Å². The summed E-state index contributed by atoms with van der Waals surface area (Å²) in [6.45, 7) is 6.95. The van der Waals surface area contributed by atoms with E-state index in [4.69, 9.17) is 0 Å². The van der Waals surface area contributed by atoms with E-state index in [1.165, 1.54) is 5.69 Å². The van der Waals surface area contributed by atoms with Crippen LogP contribution in [0.5, 0.6) is 0 Å². The standard InChI is InChI=1S/C24H31N5O/c1-18(2)15-29-17-19(20-14-25-27(3)16-20)13-23(24(29)30)26-21-9-11-28(12-10-21)22-7-5-4-6-8-22/h4-8,13-14,16-18,21,26H,9-12,15H2,1-3H3. The lowest BCUT2D eigenvalue weighted by atomic mass is 10.0. The van der Waals surface area contributed by atoms with Gasteiger partial charge in [-0.15, -0.1) is 0 Å². The van der Waals surface area contributed by atoms with Crippen LogP contribution in [0.4, 0.5) is 11.4 Å². The van der Waals surface area contributed by atoms with E-state index in [0.717, 1.165) is 37.1 Å². The first-order valence-electron chi connectivity index (χ1n) is 10.8. The van der Waals surface area contributed by atoms with Crippen molar-refractivity contribution in [2.24, 2.45) is 13.0 Å². The number of hydrogen-bond donors (Lipinski definition) is 1. The molecule has 0 amide bonds. The monoisotopic (exact) mass is 405 g/mol. The van der Waals surface area contributed by atoms with E-state index >= 15 is 0 Å². The Labute approximate surface area is 178 Å². The van der Waals surface area contributed by atoms with Crippen molar-refractivity contribution in [2.75, 3.05) is 23.3 Å². The number of piperidine rings is 1. The van der Waals surface area contributed by atoms with Gasteiger partial charge in [-0.3, -0.25) is 9.48 Å². The van der Waals surface area contributed by atoms with Crippen LogP contribution in [0, 0.1) is 5.92 Å². The largest absolute Gasteiger partial charge is 0.378 e. The van der Waals surface area contributed by atoms with E-state index in [-0.39, 0.29) is 5.56 Å². The smallest absolute Gasteiger partial charge is 0.273 e. The lowest BCUT2D eigenvalue weighted by Crippen LogP contribution is -2.40. The van der Waals surface area contributed by atoms with E-state index in [2.05, 4.69) is 59.5 Å². The second-order valence-electron chi connectivity index (χ2n) is 8.64. The highest BCUT2D eigenvalue weighted by Gasteiger charge is 2.21. The summed E-state index contributed by atoms with van der Waals surface area (Å²) in [6, 6.07) is 12.8. The van der Waals surface area contributed by atoms with E-state index in [0.29, 0.717) is 24.2 Å². The first-order chi connectivity index (χ1) is 14.5. The summed E-state index contributed by atoms with van der Waals surface area (Å²) >= 11 is 0. The number of nitrogens with zero attached hydrogens (tertiary/aromatic N) is 4. The molecule has 0 bridgehead atoms. The highest BCUT2D eigenvalue weighted by molar-refractivity contribution is 5.65. The summed E-state index contributed by atoms with van der Waals surface area (Å²) in [7, 11) is 1.91. The quantitative estimate of drug-likeness (QED) is 0.674. The van der Waals surface area contributed by atoms with Crippen LogP contribution in [0.2, 0.25) is 0 Å². The van der Waals surface area contributed by atoms with Crippen molar-refractivity contribution >= 4 is 11.4 Å². The molecular formula is C24H31N5O. The molecule has 2 aromatic heterocycles. The normalized spacial score (nSPS) is 15.0. The van der Waals surface area contributed by atoms with Crippen molar-refractivity contribution in [3.8, 4) is 11.1 Å². The Kier molecular flexibility index (Phi) is 5.93. The molecule has 6 nitrogen and oxygen atoms in total. The van der Waals surface area contributed by atoms with Crippen LogP contribution in [0.25, 0.3) is 11.1 Å². The maximum atomic E-state index is 13.1. The molecule has 0 radical (unpaired) electrons. The van der Waals surface area contributed by atoms with Crippen LogP contribution in [0.3, 0.4) is 0 Å². The summed E-state index contributed by atoms with van der Waals surface area (Å²) in [5, 5.41) is 7.86. The Hall–Kier alpha value is -3.02. The number of para-hydroxylation sites is 1. The lowest BCUT2D eigenvalue weighted by Gasteiger charge is -2.34. The van der Waals surface area contributed by atoms with Gasteiger partial charge in [-0.1, -0.05) is 32.0 Å². The fraction of sp³-hybridized carbons (Fsp3) is 0.417. The van der Waals surface area contributed by atoms with Gasteiger partial charge in [0.1, 0.15) is 5.69 Å². The van der Waals surface area contributed by atoms with Crippen LogP contribution in [0.15, 0.2) is 59.8 Å². The Morgan fingerprint density at radius 3 is 2.47 bits per heavy atom. The predicted octanol–water partition coefficient (Wildman–Crippen LogP) is 3.99. The highest BCUT2D eigenvalue weighted by Crippen LogP contribution is 2.24. The van der Waals surface area contributed by atoms with Crippen LogP contribution < -0.4 is 15.8 Å². The molecule has 6 heteroatoms. The fourth-order valence-corrected chi connectivity index (χ4v) is 4.14. The van der Waals surface area contributed by atoms with Gasteiger partial charge >= 0.3 is 0 Å². The third kappa shape index (κ3) is 4.58. The summed E-state index contributed by atoms with van der Waals surface area (Å²) in [5.41, 5.74) is 4.07. The first kappa shape index (κ1) is 20.3. The third-order valence-electron chi connectivity index (χ3n) is 5.66. The summed E-state index contributed by atoms with van der Waals surface area (Å²) < 4.78 is 3.63. The highest BCUT2D eigenvalue weighted by atomic mass is 16.1. The van der Waals surface area contributed by atoms with Crippen molar-refractivity contribution in [3.05, 3.63) is 65.3 Å². The van der Waals surface area contributed by atoms with Crippen molar-refractivity contribution in [3.63, 3.8) is 0 Å². The summed E-state index contributed by atoms with van der Waals surface area (Å²) in [4.78, 5) is 15.5. The van der Waals surface area contributed by atoms with Crippen molar-refractivity contribution in [2.45, 2.75) is 39.3 Å². The number of rotatable bonds is 6. The molecule has 1 aromatic carbocycles. The minimum absolute atomic E-state index is 0.0572. The Balaban J connectivity index is 1.54. The van der Waals surface area contributed by atoms with Crippen LogP contribution >= 0.6 is 0 Å². The Morgan fingerprint density at radius 2 is 1.83 bits per heavy atom. The van der Waals surface area contributed by atoms with Gasteiger partial charge in [0.05, 0.1) is 6.20 Å². The number of anilines is 2. The molecule has 1 aliphatic rings. The average molecular weight is 406 g/mol. The average Bonchev–Trinajstić information content (AvgIpc) is 3.18. The molecule has 1 saturated heterocycles. The third-order valence-corrected chi connectivity index (χ3v) is 5.66. The molecule has 158 valence electrons. The molecule has 1 aliphatic heterocycles. The molecule has 30 heavy (non-hydrogen) atoms. The molecule has 0 saturated carbocycles. The molecule has 0 spiro atoms.